The molecule has 2 heterocycles. The number of amides is 1. The van der Waals surface area contributed by atoms with E-state index in [-0.39, 0.29) is 24.7 Å². The molecule has 1 aromatic heterocycles. The summed E-state index contributed by atoms with van der Waals surface area (Å²) >= 11 is 0. The van der Waals surface area contributed by atoms with Crippen LogP contribution >= 0.6 is 0 Å². The van der Waals surface area contributed by atoms with Crippen LogP contribution in [0, 0.1) is 5.82 Å². The van der Waals surface area contributed by atoms with E-state index in [9.17, 15) is 14.0 Å². The third kappa shape index (κ3) is 3.44. The van der Waals surface area contributed by atoms with E-state index < -0.39 is 12.1 Å². The highest BCUT2D eigenvalue weighted by molar-refractivity contribution is 5.94. The number of aliphatic carboxylic acids is 1. The summed E-state index contributed by atoms with van der Waals surface area (Å²) in [6.45, 7) is 0.959. The first kappa shape index (κ1) is 17.7. The molecule has 1 saturated heterocycles. The lowest BCUT2D eigenvalue weighted by Gasteiger charge is -2.32. The molecule has 2 aliphatic rings. The molecule has 1 aliphatic heterocycles. The number of carbonyl (C=O) groups excluding carboxylic acids is 1. The molecule has 8 heteroatoms. The van der Waals surface area contributed by atoms with E-state index in [2.05, 4.69) is 5.10 Å². The Morgan fingerprint density at radius 1 is 1.26 bits per heavy atom. The fraction of sp³-hybridized carbons (Fsp3) is 0.421. The Hall–Kier alpha value is -2.74. The highest BCUT2D eigenvalue weighted by Gasteiger charge is 2.32. The van der Waals surface area contributed by atoms with E-state index in [0.717, 1.165) is 36.2 Å². The largest absolute Gasteiger partial charge is 0.481 e. The van der Waals surface area contributed by atoms with Crippen LogP contribution in [0.3, 0.4) is 0 Å². The lowest BCUT2D eigenvalue weighted by atomic mass is 10.1. The van der Waals surface area contributed by atoms with Crippen LogP contribution in [0.25, 0.3) is 5.69 Å². The highest BCUT2D eigenvalue weighted by Crippen LogP contribution is 2.29. The molecule has 1 aromatic carbocycles. The molecule has 0 radical (unpaired) electrons. The summed E-state index contributed by atoms with van der Waals surface area (Å²) < 4.78 is 20.4. The minimum absolute atomic E-state index is 0.133. The number of halogens is 1. The lowest BCUT2D eigenvalue weighted by molar-refractivity contribution is -0.141. The summed E-state index contributed by atoms with van der Waals surface area (Å²) in [5.41, 5.74) is 3.05. The van der Waals surface area contributed by atoms with Gasteiger partial charge in [-0.3, -0.25) is 9.59 Å². The second-order valence-corrected chi connectivity index (χ2v) is 6.86. The molecule has 1 N–H and O–H groups in total. The smallest absolute Gasteiger partial charge is 0.306 e. The van der Waals surface area contributed by atoms with Crippen molar-refractivity contribution in [3.8, 4) is 5.69 Å². The van der Waals surface area contributed by atoms with Gasteiger partial charge in [-0.05, 0) is 43.5 Å². The maximum Gasteiger partial charge on any atom is 0.306 e. The van der Waals surface area contributed by atoms with Gasteiger partial charge in [-0.25, -0.2) is 9.07 Å². The van der Waals surface area contributed by atoms with Crippen molar-refractivity contribution in [1.82, 2.24) is 14.7 Å². The summed E-state index contributed by atoms with van der Waals surface area (Å²) in [5, 5.41) is 13.5. The number of fused-ring (bicyclic) bond motifs is 1. The minimum Gasteiger partial charge on any atom is -0.481 e. The van der Waals surface area contributed by atoms with Crippen LogP contribution in [0.1, 0.15) is 34.6 Å². The predicted octanol–water partition coefficient (Wildman–Crippen LogP) is 1.82. The Bertz CT molecular complexity index is 878. The first-order valence-corrected chi connectivity index (χ1v) is 9.02. The van der Waals surface area contributed by atoms with Crippen LogP contribution in [-0.2, 0) is 22.4 Å². The average molecular weight is 373 g/mol. The molecule has 142 valence electrons. The number of carboxylic acid groups (broad SMARTS) is 1. The van der Waals surface area contributed by atoms with E-state index in [4.69, 9.17) is 9.84 Å². The third-order valence-corrected chi connectivity index (χ3v) is 5.03. The maximum atomic E-state index is 13.2. The Labute approximate surface area is 155 Å². The Morgan fingerprint density at radius 3 is 2.78 bits per heavy atom. The molecule has 4 rings (SSSR count). The second-order valence-electron chi connectivity index (χ2n) is 6.86. The number of rotatable bonds is 4. The summed E-state index contributed by atoms with van der Waals surface area (Å²) in [6, 6.07) is 6.04. The van der Waals surface area contributed by atoms with Gasteiger partial charge in [-0.2, -0.15) is 5.10 Å². The second kappa shape index (κ2) is 7.11. The lowest BCUT2D eigenvalue weighted by Crippen LogP contribution is -2.46. The number of nitrogens with zero attached hydrogens (tertiary/aromatic N) is 3. The molecule has 0 spiro atoms. The standard InChI is InChI=1S/C19H20FN3O4/c20-12-4-6-13(7-5-12)23-16-3-1-2-15(16)18(21-23)19(26)22-8-9-27-14(11-22)10-17(24)25/h4-7,14H,1-3,8-11H2,(H,24,25). The van der Waals surface area contributed by atoms with E-state index in [1.54, 1.807) is 21.7 Å². The van der Waals surface area contributed by atoms with Crippen LogP contribution < -0.4 is 0 Å². The van der Waals surface area contributed by atoms with Crippen molar-refractivity contribution in [2.75, 3.05) is 19.7 Å². The first-order chi connectivity index (χ1) is 13.0. The summed E-state index contributed by atoms with van der Waals surface area (Å²) in [5.74, 6) is -1.47. The molecule has 2 aromatic rings. The number of benzene rings is 1. The summed E-state index contributed by atoms with van der Waals surface area (Å²) in [7, 11) is 0. The number of carbonyl (C=O) groups is 2. The highest BCUT2D eigenvalue weighted by atomic mass is 19.1. The van der Waals surface area contributed by atoms with Gasteiger partial charge < -0.3 is 14.7 Å². The van der Waals surface area contributed by atoms with E-state index in [1.165, 1.54) is 12.1 Å². The molecule has 0 saturated carbocycles. The van der Waals surface area contributed by atoms with Crippen molar-refractivity contribution < 1.29 is 23.8 Å². The number of hydrogen-bond donors (Lipinski definition) is 1. The quantitative estimate of drug-likeness (QED) is 0.884. The number of hydrogen-bond acceptors (Lipinski definition) is 4. The molecular formula is C19H20FN3O4. The van der Waals surface area contributed by atoms with Gasteiger partial charge in [-0.15, -0.1) is 0 Å². The number of aromatic nitrogens is 2. The van der Waals surface area contributed by atoms with Gasteiger partial charge >= 0.3 is 5.97 Å². The Kier molecular flexibility index (Phi) is 4.65. The van der Waals surface area contributed by atoms with Crippen LogP contribution in [0.2, 0.25) is 0 Å². The first-order valence-electron chi connectivity index (χ1n) is 9.02. The fourth-order valence-corrected chi connectivity index (χ4v) is 3.78. The number of ether oxygens (including phenoxy) is 1. The van der Waals surface area contributed by atoms with Gasteiger partial charge in [0.05, 0.1) is 24.8 Å². The molecule has 1 aliphatic carbocycles. The molecule has 1 fully saturated rings. The molecule has 7 nitrogen and oxygen atoms in total. The van der Waals surface area contributed by atoms with Crippen molar-refractivity contribution in [1.29, 1.82) is 0 Å². The summed E-state index contributed by atoms with van der Waals surface area (Å²) in [4.78, 5) is 25.6. The topological polar surface area (TPSA) is 84.7 Å². The van der Waals surface area contributed by atoms with Gasteiger partial charge in [0.25, 0.3) is 5.91 Å². The van der Waals surface area contributed by atoms with E-state index in [1.807, 2.05) is 0 Å². The number of carboxylic acids is 1. The van der Waals surface area contributed by atoms with Crippen molar-refractivity contribution in [3.05, 3.63) is 47.0 Å². The van der Waals surface area contributed by atoms with Crippen molar-refractivity contribution in [2.24, 2.45) is 0 Å². The van der Waals surface area contributed by atoms with Crippen LogP contribution in [0.5, 0.6) is 0 Å². The average Bonchev–Trinajstić information content (AvgIpc) is 3.24. The molecule has 1 unspecified atom stereocenters. The SMILES string of the molecule is O=C(O)CC1CN(C(=O)c2nn(-c3ccc(F)cc3)c3c2CCC3)CCO1. The monoisotopic (exact) mass is 373 g/mol. The van der Waals surface area contributed by atoms with E-state index >= 15 is 0 Å². The minimum atomic E-state index is -0.948. The van der Waals surface area contributed by atoms with Gasteiger partial charge in [0.15, 0.2) is 5.69 Å². The van der Waals surface area contributed by atoms with Crippen LogP contribution in [-0.4, -0.2) is 57.5 Å². The normalized spacial score (nSPS) is 19.1. The fourth-order valence-electron chi connectivity index (χ4n) is 3.78. The zero-order valence-electron chi connectivity index (χ0n) is 14.7. The van der Waals surface area contributed by atoms with E-state index in [0.29, 0.717) is 18.8 Å². The summed E-state index contributed by atoms with van der Waals surface area (Å²) in [6.07, 6.45) is 1.90. The van der Waals surface area contributed by atoms with Gasteiger partial charge in [0, 0.05) is 24.3 Å². The van der Waals surface area contributed by atoms with Crippen molar-refractivity contribution in [3.63, 3.8) is 0 Å². The molecule has 27 heavy (non-hydrogen) atoms. The predicted molar refractivity (Wildman–Crippen MR) is 93.4 cm³/mol. The zero-order chi connectivity index (χ0) is 19.0. The molecule has 1 amide bonds. The van der Waals surface area contributed by atoms with Crippen molar-refractivity contribution >= 4 is 11.9 Å². The molecule has 1 atom stereocenters. The molecule has 0 bridgehead atoms. The van der Waals surface area contributed by atoms with Gasteiger partial charge in [-0.1, -0.05) is 0 Å². The van der Waals surface area contributed by atoms with Crippen LogP contribution in [0.4, 0.5) is 4.39 Å². The Morgan fingerprint density at radius 2 is 2.04 bits per heavy atom. The zero-order valence-corrected chi connectivity index (χ0v) is 14.7. The molecular weight excluding hydrogens is 353 g/mol. The van der Waals surface area contributed by atoms with Gasteiger partial charge in [0.2, 0.25) is 0 Å². The number of morpholine rings is 1. The third-order valence-electron chi connectivity index (χ3n) is 5.03. The van der Waals surface area contributed by atoms with Crippen molar-refractivity contribution in [2.45, 2.75) is 31.8 Å². The maximum absolute atomic E-state index is 13.2. The Balaban J connectivity index is 1.62. The van der Waals surface area contributed by atoms with Gasteiger partial charge in [0.1, 0.15) is 5.82 Å². The van der Waals surface area contributed by atoms with Crippen LogP contribution in [0.15, 0.2) is 24.3 Å².